The summed E-state index contributed by atoms with van der Waals surface area (Å²) in [6, 6.07) is 17.6. The minimum atomic E-state index is -1.02. The minimum Gasteiger partial charge on any atom is -0.496 e. The van der Waals surface area contributed by atoms with Crippen LogP contribution in [0.4, 0.5) is 11.5 Å². The topological polar surface area (TPSA) is 74.7 Å². The van der Waals surface area contributed by atoms with Crippen LogP contribution in [-0.2, 0) is 6.54 Å². The van der Waals surface area contributed by atoms with E-state index in [1.54, 1.807) is 18.3 Å². The minimum absolute atomic E-state index is 0.134. The van der Waals surface area contributed by atoms with Crippen LogP contribution in [0.1, 0.15) is 28.8 Å². The molecule has 30 heavy (non-hydrogen) atoms. The van der Waals surface area contributed by atoms with E-state index in [9.17, 15) is 9.90 Å². The molecule has 1 saturated heterocycles. The van der Waals surface area contributed by atoms with Crippen molar-refractivity contribution in [3.63, 3.8) is 0 Å². The van der Waals surface area contributed by atoms with Gasteiger partial charge in [-0.1, -0.05) is 18.2 Å². The van der Waals surface area contributed by atoms with Crippen LogP contribution in [0.2, 0.25) is 0 Å². The van der Waals surface area contributed by atoms with Crippen LogP contribution in [0.15, 0.2) is 60.8 Å². The number of carboxylic acids is 1. The Morgan fingerprint density at radius 1 is 1.10 bits per heavy atom. The van der Waals surface area contributed by atoms with E-state index in [-0.39, 0.29) is 5.56 Å². The highest BCUT2D eigenvalue weighted by atomic mass is 16.5. The second kappa shape index (κ2) is 8.86. The van der Waals surface area contributed by atoms with Gasteiger partial charge in [-0.05, 0) is 60.4 Å². The maximum Gasteiger partial charge on any atom is 0.339 e. The van der Waals surface area contributed by atoms with Gasteiger partial charge in [-0.3, -0.25) is 0 Å². The predicted octanol–water partition coefficient (Wildman–Crippen LogP) is 4.67. The smallest absolute Gasteiger partial charge is 0.339 e. The number of nitrogens with one attached hydrogen (secondary N) is 1. The van der Waals surface area contributed by atoms with Gasteiger partial charge >= 0.3 is 5.97 Å². The summed E-state index contributed by atoms with van der Waals surface area (Å²) >= 11 is 0. The maximum absolute atomic E-state index is 11.4. The lowest BCUT2D eigenvalue weighted by Crippen LogP contribution is -2.17. The zero-order chi connectivity index (χ0) is 20.9. The standard InChI is InChI=1S/C24H25N3O3/c1-30-22-9-7-18(14-21(22)24(28)29)19-8-10-23(26-16-19)25-15-17-5-4-6-20(13-17)27-11-2-3-12-27/h4-10,13-14,16H,2-3,11-12,15H2,1H3,(H,25,26)(H,28,29). The molecule has 3 aromatic rings. The van der Waals surface area contributed by atoms with E-state index in [1.807, 2.05) is 18.2 Å². The van der Waals surface area contributed by atoms with Gasteiger partial charge in [0.15, 0.2) is 0 Å². The third-order valence-electron chi connectivity index (χ3n) is 5.38. The molecule has 2 aromatic carbocycles. The number of anilines is 2. The second-order valence-corrected chi connectivity index (χ2v) is 7.37. The Balaban J connectivity index is 1.44. The highest BCUT2D eigenvalue weighted by Gasteiger charge is 2.13. The van der Waals surface area contributed by atoms with E-state index in [4.69, 9.17) is 4.74 Å². The van der Waals surface area contributed by atoms with Gasteiger partial charge in [-0.25, -0.2) is 9.78 Å². The first-order valence-electron chi connectivity index (χ1n) is 10.1. The lowest BCUT2D eigenvalue weighted by atomic mass is 10.0. The average Bonchev–Trinajstić information content (AvgIpc) is 3.33. The largest absolute Gasteiger partial charge is 0.496 e. The lowest BCUT2D eigenvalue weighted by molar-refractivity contribution is 0.0693. The van der Waals surface area contributed by atoms with Crippen LogP contribution >= 0.6 is 0 Å². The Labute approximate surface area is 176 Å². The van der Waals surface area contributed by atoms with E-state index in [1.165, 1.54) is 31.2 Å². The fourth-order valence-corrected chi connectivity index (χ4v) is 3.75. The van der Waals surface area contributed by atoms with Crippen molar-refractivity contribution in [3.05, 3.63) is 71.9 Å². The third kappa shape index (κ3) is 4.38. The molecule has 154 valence electrons. The summed E-state index contributed by atoms with van der Waals surface area (Å²) in [6.45, 7) is 2.96. The molecule has 0 unspecified atom stereocenters. The van der Waals surface area contributed by atoms with Crippen LogP contribution in [-0.4, -0.2) is 36.3 Å². The average molecular weight is 403 g/mol. The van der Waals surface area contributed by atoms with Crippen molar-refractivity contribution in [2.24, 2.45) is 0 Å². The van der Waals surface area contributed by atoms with Gasteiger partial charge in [0.05, 0.1) is 7.11 Å². The SMILES string of the molecule is COc1ccc(-c2ccc(NCc3cccc(N4CCCC4)c3)nc2)cc1C(=O)O. The van der Waals surface area contributed by atoms with E-state index in [2.05, 4.69) is 39.5 Å². The molecule has 2 N–H and O–H groups in total. The first-order chi connectivity index (χ1) is 14.6. The van der Waals surface area contributed by atoms with Crippen LogP contribution in [0, 0.1) is 0 Å². The van der Waals surface area contributed by atoms with Crippen molar-refractivity contribution in [1.82, 2.24) is 4.98 Å². The van der Waals surface area contributed by atoms with Crippen LogP contribution < -0.4 is 15.0 Å². The Hall–Kier alpha value is -3.54. The quantitative estimate of drug-likeness (QED) is 0.597. The number of benzene rings is 2. The Kier molecular flexibility index (Phi) is 5.84. The molecular weight excluding hydrogens is 378 g/mol. The van der Waals surface area contributed by atoms with Crippen molar-refractivity contribution in [1.29, 1.82) is 0 Å². The number of rotatable bonds is 7. The molecule has 1 aromatic heterocycles. The van der Waals surface area contributed by atoms with E-state index in [0.29, 0.717) is 12.3 Å². The summed E-state index contributed by atoms with van der Waals surface area (Å²) in [5.74, 6) is 0.0991. The van der Waals surface area contributed by atoms with Crippen molar-refractivity contribution in [3.8, 4) is 16.9 Å². The highest BCUT2D eigenvalue weighted by molar-refractivity contribution is 5.92. The molecule has 0 amide bonds. The number of aromatic nitrogens is 1. The van der Waals surface area contributed by atoms with Gasteiger partial charge < -0.3 is 20.1 Å². The molecule has 0 atom stereocenters. The zero-order valence-corrected chi connectivity index (χ0v) is 17.0. The second-order valence-electron chi connectivity index (χ2n) is 7.37. The number of aromatic carboxylic acids is 1. The molecule has 1 aliphatic heterocycles. The summed E-state index contributed by atoms with van der Waals surface area (Å²) in [4.78, 5) is 18.4. The molecule has 0 aliphatic carbocycles. The van der Waals surface area contributed by atoms with Gasteiger partial charge in [-0.2, -0.15) is 0 Å². The Bertz CT molecular complexity index is 1030. The van der Waals surface area contributed by atoms with E-state index in [0.717, 1.165) is 30.0 Å². The fourth-order valence-electron chi connectivity index (χ4n) is 3.75. The number of ether oxygens (including phenoxy) is 1. The number of carbonyl (C=O) groups is 1. The highest BCUT2D eigenvalue weighted by Crippen LogP contribution is 2.27. The molecule has 4 rings (SSSR count). The number of hydrogen-bond acceptors (Lipinski definition) is 5. The fraction of sp³-hybridized carbons (Fsp3) is 0.250. The van der Waals surface area contributed by atoms with Crippen molar-refractivity contribution in [2.45, 2.75) is 19.4 Å². The number of nitrogens with zero attached hydrogens (tertiary/aromatic N) is 2. The monoisotopic (exact) mass is 403 g/mol. The summed E-state index contributed by atoms with van der Waals surface area (Å²) < 4.78 is 5.12. The van der Waals surface area contributed by atoms with Crippen LogP contribution in [0.25, 0.3) is 11.1 Å². The van der Waals surface area contributed by atoms with Crippen LogP contribution in [0.3, 0.4) is 0 Å². The first kappa shape index (κ1) is 19.8. The third-order valence-corrected chi connectivity index (χ3v) is 5.38. The zero-order valence-electron chi connectivity index (χ0n) is 17.0. The molecule has 6 heteroatoms. The van der Waals surface area contributed by atoms with Crippen molar-refractivity contribution < 1.29 is 14.6 Å². The Morgan fingerprint density at radius 2 is 1.90 bits per heavy atom. The van der Waals surface area contributed by atoms with Crippen LogP contribution in [0.5, 0.6) is 5.75 Å². The summed E-state index contributed by atoms with van der Waals surface area (Å²) in [6.07, 6.45) is 4.28. The normalized spacial score (nSPS) is 13.3. The first-order valence-corrected chi connectivity index (χ1v) is 10.1. The molecule has 0 bridgehead atoms. The number of hydrogen-bond donors (Lipinski definition) is 2. The summed E-state index contributed by atoms with van der Waals surface area (Å²) in [7, 11) is 1.46. The van der Waals surface area contributed by atoms with Gasteiger partial charge in [0, 0.05) is 37.1 Å². The molecule has 2 heterocycles. The summed E-state index contributed by atoms with van der Waals surface area (Å²) in [5.41, 5.74) is 4.26. The maximum atomic E-state index is 11.4. The molecule has 1 fully saturated rings. The molecule has 0 spiro atoms. The Morgan fingerprint density at radius 3 is 2.60 bits per heavy atom. The predicted molar refractivity (Wildman–Crippen MR) is 118 cm³/mol. The number of methoxy groups -OCH3 is 1. The van der Waals surface area contributed by atoms with E-state index >= 15 is 0 Å². The molecule has 0 saturated carbocycles. The lowest BCUT2D eigenvalue weighted by Gasteiger charge is -2.18. The number of carboxylic acid groups (broad SMARTS) is 1. The van der Waals surface area contributed by atoms with Gasteiger partial charge in [0.2, 0.25) is 0 Å². The molecule has 6 nitrogen and oxygen atoms in total. The molecule has 0 radical (unpaired) electrons. The van der Waals surface area contributed by atoms with E-state index < -0.39 is 5.97 Å². The van der Waals surface area contributed by atoms with Gasteiger partial charge in [0.1, 0.15) is 17.1 Å². The van der Waals surface area contributed by atoms with Gasteiger partial charge in [0.25, 0.3) is 0 Å². The van der Waals surface area contributed by atoms with Crippen molar-refractivity contribution in [2.75, 3.05) is 30.4 Å². The summed E-state index contributed by atoms with van der Waals surface area (Å²) in [5, 5.41) is 12.7. The number of pyridine rings is 1. The molecule has 1 aliphatic rings. The van der Waals surface area contributed by atoms with Gasteiger partial charge in [-0.15, -0.1) is 0 Å². The van der Waals surface area contributed by atoms with Crippen molar-refractivity contribution >= 4 is 17.5 Å². The molecular formula is C24H25N3O3.